The van der Waals surface area contributed by atoms with Crippen LogP contribution in [0.1, 0.15) is 44.1 Å². The number of nitrogens with one attached hydrogen (secondary N) is 1. The van der Waals surface area contributed by atoms with E-state index >= 15 is 0 Å². The van der Waals surface area contributed by atoms with Gasteiger partial charge in [0.1, 0.15) is 0 Å². The van der Waals surface area contributed by atoms with E-state index < -0.39 is 11.4 Å². The van der Waals surface area contributed by atoms with Gasteiger partial charge in [0.25, 0.3) is 0 Å². The van der Waals surface area contributed by atoms with E-state index in [9.17, 15) is 14.7 Å². The van der Waals surface area contributed by atoms with Gasteiger partial charge in [-0.05, 0) is 43.4 Å². The molecule has 2 N–H and O–H groups in total. The summed E-state index contributed by atoms with van der Waals surface area (Å²) in [6, 6.07) is 7.27. The summed E-state index contributed by atoms with van der Waals surface area (Å²) in [5.74, 6) is -0.515. The van der Waals surface area contributed by atoms with Gasteiger partial charge >= 0.3 is 5.97 Å². The van der Waals surface area contributed by atoms with Gasteiger partial charge in [0.2, 0.25) is 5.91 Å². The predicted octanol–water partition coefficient (Wildman–Crippen LogP) is 2.93. The molecule has 1 aromatic rings. The Labute approximate surface area is 118 Å². The maximum atomic E-state index is 12.0. The number of rotatable bonds is 4. The number of amides is 1. The van der Waals surface area contributed by atoms with E-state index in [-0.39, 0.29) is 11.8 Å². The number of benzene rings is 1. The van der Waals surface area contributed by atoms with Crippen LogP contribution in [-0.4, -0.2) is 17.0 Å². The van der Waals surface area contributed by atoms with Crippen molar-refractivity contribution in [1.29, 1.82) is 0 Å². The first-order valence-electron chi connectivity index (χ1n) is 7.27. The lowest BCUT2D eigenvalue weighted by atomic mass is 9.96. The van der Waals surface area contributed by atoms with Crippen LogP contribution in [0.2, 0.25) is 0 Å². The van der Waals surface area contributed by atoms with Crippen molar-refractivity contribution in [2.75, 3.05) is 5.32 Å². The standard InChI is InChI=1S/C16H19NO3/c18-14(11-3-1-2-4-11)17-13-7-5-12(6-8-13)16(9-10-16)15(19)20/h5-8,11H,1-4,9-10H2,(H,17,18)(H,19,20). The fourth-order valence-corrected chi connectivity index (χ4v) is 3.06. The van der Waals surface area contributed by atoms with Gasteiger partial charge in [0.15, 0.2) is 0 Å². The molecule has 0 heterocycles. The van der Waals surface area contributed by atoms with Gasteiger partial charge < -0.3 is 10.4 Å². The minimum atomic E-state index is -0.750. The van der Waals surface area contributed by atoms with Crippen LogP contribution in [-0.2, 0) is 15.0 Å². The second kappa shape index (κ2) is 4.93. The second-order valence-corrected chi connectivity index (χ2v) is 5.94. The van der Waals surface area contributed by atoms with Gasteiger partial charge in [-0.25, -0.2) is 0 Å². The molecule has 0 atom stereocenters. The summed E-state index contributed by atoms with van der Waals surface area (Å²) in [6.07, 6.45) is 5.64. The Morgan fingerprint density at radius 2 is 1.70 bits per heavy atom. The van der Waals surface area contributed by atoms with Crippen molar-refractivity contribution < 1.29 is 14.7 Å². The Morgan fingerprint density at radius 1 is 1.10 bits per heavy atom. The summed E-state index contributed by atoms with van der Waals surface area (Å²) >= 11 is 0. The Balaban J connectivity index is 1.67. The number of carbonyl (C=O) groups excluding carboxylic acids is 1. The molecular formula is C16H19NO3. The van der Waals surface area contributed by atoms with Gasteiger partial charge in [0.05, 0.1) is 5.41 Å². The molecule has 0 radical (unpaired) electrons. The number of hydrogen-bond donors (Lipinski definition) is 2. The van der Waals surface area contributed by atoms with Crippen molar-refractivity contribution in [3.05, 3.63) is 29.8 Å². The van der Waals surface area contributed by atoms with Crippen molar-refractivity contribution in [2.45, 2.75) is 43.9 Å². The van der Waals surface area contributed by atoms with Gasteiger partial charge in [-0.1, -0.05) is 25.0 Å². The molecule has 2 aliphatic rings. The number of hydrogen-bond acceptors (Lipinski definition) is 2. The van der Waals surface area contributed by atoms with Gasteiger partial charge in [-0.2, -0.15) is 0 Å². The molecule has 0 unspecified atom stereocenters. The number of carboxylic acid groups (broad SMARTS) is 1. The maximum absolute atomic E-state index is 12.0. The van der Waals surface area contributed by atoms with E-state index in [4.69, 9.17) is 0 Å². The van der Waals surface area contributed by atoms with Crippen LogP contribution in [0.4, 0.5) is 5.69 Å². The topological polar surface area (TPSA) is 66.4 Å². The second-order valence-electron chi connectivity index (χ2n) is 5.94. The molecule has 2 aliphatic carbocycles. The average Bonchev–Trinajstić information content (AvgIpc) is 3.07. The molecule has 0 aliphatic heterocycles. The molecule has 1 aromatic carbocycles. The lowest BCUT2D eigenvalue weighted by molar-refractivity contribution is -0.140. The Kier molecular flexibility index (Phi) is 3.24. The summed E-state index contributed by atoms with van der Waals surface area (Å²) in [7, 11) is 0. The fourth-order valence-electron chi connectivity index (χ4n) is 3.06. The van der Waals surface area contributed by atoms with Crippen LogP contribution >= 0.6 is 0 Å². The van der Waals surface area contributed by atoms with E-state index in [1.54, 1.807) is 0 Å². The third-order valence-electron chi connectivity index (χ3n) is 4.59. The van der Waals surface area contributed by atoms with Crippen molar-refractivity contribution >= 4 is 17.6 Å². The van der Waals surface area contributed by atoms with Crippen LogP contribution in [0, 0.1) is 5.92 Å². The average molecular weight is 273 g/mol. The molecule has 0 saturated heterocycles. The first kappa shape index (κ1) is 13.2. The SMILES string of the molecule is O=C(Nc1ccc(C2(C(=O)O)CC2)cc1)C1CCCC1. The van der Waals surface area contributed by atoms with Crippen LogP contribution in [0.3, 0.4) is 0 Å². The van der Waals surface area contributed by atoms with Crippen LogP contribution in [0.25, 0.3) is 0 Å². The molecule has 106 valence electrons. The molecular weight excluding hydrogens is 254 g/mol. The van der Waals surface area contributed by atoms with Crippen molar-refractivity contribution in [3.8, 4) is 0 Å². The quantitative estimate of drug-likeness (QED) is 0.886. The van der Waals surface area contributed by atoms with Gasteiger partial charge in [-0.15, -0.1) is 0 Å². The van der Waals surface area contributed by atoms with Crippen LogP contribution in [0.15, 0.2) is 24.3 Å². The molecule has 3 rings (SSSR count). The third-order valence-corrected chi connectivity index (χ3v) is 4.59. The van der Waals surface area contributed by atoms with E-state index in [1.807, 2.05) is 24.3 Å². The highest BCUT2D eigenvalue weighted by atomic mass is 16.4. The highest BCUT2D eigenvalue weighted by Crippen LogP contribution is 2.48. The Morgan fingerprint density at radius 3 is 2.20 bits per heavy atom. The van der Waals surface area contributed by atoms with E-state index in [1.165, 1.54) is 0 Å². The monoisotopic (exact) mass is 273 g/mol. The zero-order valence-corrected chi connectivity index (χ0v) is 11.4. The Hall–Kier alpha value is -1.84. The van der Waals surface area contributed by atoms with Crippen molar-refractivity contribution in [2.24, 2.45) is 5.92 Å². The minimum Gasteiger partial charge on any atom is -0.481 e. The first-order chi connectivity index (χ1) is 9.62. The third kappa shape index (κ3) is 2.30. The highest BCUT2D eigenvalue weighted by molar-refractivity contribution is 5.93. The molecule has 4 nitrogen and oxygen atoms in total. The Bertz CT molecular complexity index is 525. The summed E-state index contributed by atoms with van der Waals surface area (Å²) in [4.78, 5) is 23.3. The van der Waals surface area contributed by atoms with E-state index in [0.717, 1.165) is 36.9 Å². The lowest BCUT2D eigenvalue weighted by Crippen LogP contribution is -2.21. The van der Waals surface area contributed by atoms with Crippen molar-refractivity contribution in [3.63, 3.8) is 0 Å². The molecule has 1 amide bonds. The van der Waals surface area contributed by atoms with Crippen LogP contribution in [0.5, 0.6) is 0 Å². The largest absolute Gasteiger partial charge is 0.481 e. The molecule has 0 spiro atoms. The first-order valence-corrected chi connectivity index (χ1v) is 7.27. The zero-order chi connectivity index (χ0) is 14.2. The number of anilines is 1. The summed E-state index contributed by atoms with van der Waals surface area (Å²) in [6.45, 7) is 0. The fraction of sp³-hybridized carbons (Fsp3) is 0.500. The summed E-state index contributed by atoms with van der Waals surface area (Å²) in [5, 5.41) is 12.2. The van der Waals surface area contributed by atoms with E-state index in [2.05, 4.69) is 5.32 Å². The molecule has 0 aromatic heterocycles. The smallest absolute Gasteiger partial charge is 0.314 e. The highest BCUT2D eigenvalue weighted by Gasteiger charge is 2.51. The zero-order valence-electron chi connectivity index (χ0n) is 11.4. The summed E-state index contributed by atoms with van der Waals surface area (Å²) < 4.78 is 0. The molecule has 2 saturated carbocycles. The summed E-state index contributed by atoms with van der Waals surface area (Å²) in [5.41, 5.74) is 0.921. The van der Waals surface area contributed by atoms with Gasteiger partial charge in [0, 0.05) is 11.6 Å². The number of carbonyl (C=O) groups is 2. The van der Waals surface area contributed by atoms with Crippen molar-refractivity contribution in [1.82, 2.24) is 0 Å². The number of aliphatic carboxylic acids is 1. The molecule has 0 bridgehead atoms. The van der Waals surface area contributed by atoms with Crippen LogP contribution < -0.4 is 5.32 Å². The maximum Gasteiger partial charge on any atom is 0.314 e. The minimum absolute atomic E-state index is 0.0922. The number of carboxylic acids is 1. The molecule has 4 heteroatoms. The normalized spacial score (nSPS) is 20.6. The van der Waals surface area contributed by atoms with Gasteiger partial charge in [-0.3, -0.25) is 9.59 Å². The molecule has 20 heavy (non-hydrogen) atoms. The molecule has 2 fully saturated rings. The lowest BCUT2D eigenvalue weighted by Gasteiger charge is -2.13. The predicted molar refractivity (Wildman–Crippen MR) is 75.6 cm³/mol. The van der Waals surface area contributed by atoms with E-state index in [0.29, 0.717) is 12.8 Å².